The lowest BCUT2D eigenvalue weighted by Crippen LogP contribution is -1.75. The molecule has 1 N–H and O–H groups in total. The fourth-order valence-corrected chi connectivity index (χ4v) is 0.859. The summed E-state index contributed by atoms with van der Waals surface area (Å²) in [7, 11) is 0. The van der Waals surface area contributed by atoms with Crippen molar-refractivity contribution in [3.63, 3.8) is 0 Å². The van der Waals surface area contributed by atoms with Gasteiger partial charge in [0.05, 0.1) is 6.26 Å². The quantitative estimate of drug-likeness (QED) is 0.782. The number of aryl methyl sites for hydroxylation is 1. The molecule has 2 heterocycles. The first-order valence-electron chi connectivity index (χ1n) is 5.29. The molecule has 84 valence electrons. The Kier molecular flexibility index (Phi) is 6.97. The summed E-state index contributed by atoms with van der Waals surface area (Å²) in [6.07, 6.45) is 1.60. The van der Waals surface area contributed by atoms with Crippen molar-refractivity contribution in [2.45, 2.75) is 34.6 Å². The average Bonchev–Trinajstić information content (AvgIpc) is 2.94. The van der Waals surface area contributed by atoms with Crippen molar-refractivity contribution in [1.29, 1.82) is 0 Å². The minimum absolute atomic E-state index is 0.604. The molecule has 0 atom stereocenters. The van der Waals surface area contributed by atoms with E-state index >= 15 is 0 Å². The van der Waals surface area contributed by atoms with Crippen molar-refractivity contribution in [2.24, 2.45) is 0 Å². The largest absolute Gasteiger partial charge is 0.461 e. The Morgan fingerprint density at radius 3 is 2.27 bits per heavy atom. The van der Waals surface area contributed by atoms with Crippen LogP contribution in [0.3, 0.4) is 0 Å². The summed E-state index contributed by atoms with van der Waals surface area (Å²) >= 11 is 0. The van der Waals surface area contributed by atoms with Gasteiger partial charge in [-0.15, -0.1) is 0 Å². The number of aromatic amines is 1. The second kappa shape index (κ2) is 7.79. The van der Waals surface area contributed by atoms with E-state index in [2.05, 4.69) is 15.2 Å². The molecule has 0 spiro atoms. The van der Waals surface area contributed by atoms with Crippen LogP contribution in [-0.2, 0) is 0 Å². The SMILES string of the molecule is CC.CC.Cc1nc(-c2ccco2)n[nH]1. The van der Waals surface area contributed by atoms with Crippen molar-refractivity contribution >= 4 is 0 Å². The van der Waals surface area contributed by atoms with Crippen molar-refractivity contribution in [3.8, 4) is 11.6 Å². The molecular formula is C11H19N3O. The van der Waals surface area contributed by atoms with E-state index < -0.39 is 0 Å². The molecule has 0 aliphatic carbocycles. The lowest BCUT2D eigenvalue weighted by Gasteiger charge is -1.82. The molecule has 0 saturated heterocycles. The maximum Gasteiger partial charge on any atom is 0.216 e. The smallest absolute Gasteiger partial charge is 0.216 e. The van der Waals surface area contributed by atoms with Gasteiger partial charge < -0.3 is 4.42 Å². The van der Waals surface area contributed by atoms with Gasteiger partial charge in [0.15, 0.2) is 5.76 Å². The predicted octanol–water partition coefficient (Wildman–Crippen LogP) is 3.43. The minimum Gasteiger partial charge on any atom is -0.461 e. The Morgan fingerprint density at radius 2 is 1.87 bits per heavy atom. The lowest BCUT2D eigenvalue weighted by atomic mass is 10.4. The highest BCUT2D eigenvalue weighted by molar-refractivity contribution is 5.44. The number of hydrogen-bond acceptors (Lipinski definition) is 3. The van der Waals surface area contributed by atoms with Crippen molar-refractivity contribution in [3.05, 3.63) is 24.2 Å². The number of furan rings is 1. The van der Waals surface area contributed by atoms with Crippen molar-refractivity contribution < 1.29 is 4.42 Å². The van der Waals surface area contributed by atoms with Gasteiger partial charge in [-0.05, 0) is 19.1 Å². The first kappa shape index (κ1) is 13.4. The summed E-state index contributed by atoms with van der Waals surface area (Å²) in [6.45, 7) is 9.85. The van der Waals surface area contributed by atoms with Gasteiger partial charge in [-0.3, -0.25) is 5.10 Å². The van der Waals surface area contributed by atoms with Gasteiger partial charge in [0.1, 0.15) is 5.82 Å². The van der Waals surface area contributed by atoms with Gasteiger partial charge in [-0.25, -0.2) is 4.98 Å². The molecule has 0 aromatic carbocycles. The highest BCUT2D eigenvalue weighted by Gasteiger charge is 2.04. The van der Waals surface area contributed by atoms with E-state index in [4.69, 9.17) is 4.42 Å². The number of rotatable bonds is 1. The summed E-state index contributed by atoms with van der Waals surface area (Å²) < 4.78 is 5.09. The second-order valence-electron chi connectivity index (χ2n) is 2.22. The van der Waals surface area contributed by atoms with Crippen LogP contribution in [0, 0.1) is 6.92 Å². The van der Waals surface area contributed by atoms with Gasteiger partial charge in [0.2, 0.25) is 5.82 Å². The molecule has 0 aliphatic heterocycles. The van der Waals surface area contributed by atoms with E-state index in [1.54, 1.807) is 12.3 Å². The molecule has 0 saturated carbocycles. The second-order valence-corrected chi connectivity index (χ2v) is 2.22. The van der Waals surface area contributed by atoms with Crippen LogP contribution in [0.1, 0.15) is 33.5 Å². The molecule has 4 nitrogen and oxygen atoms in total. The first-order chi connectivity index (χ1) is 7.36. The van der Waals surface area contributed by atoms with Gasteiger partial charge >= 0.3 is 0 Å². The molecule has 2 aromatic heterocycles. The molecule has 2 rings (SSSR count). The summed E-state index contributed by atoms with van der Waals surface area (Å²) in [5.41, 5.74) is 0. The number of hydrogen-bond donors (Lipinski definition) is 1. The fourth-order valence-electron chi connectivity index (χ4n) is 0.859. The monoisotopic (exact) mass is 209 g/mol. The maximum absolute atomic E-state index is 5.09. The van der Waals surface area contributed by atoms with Crippen molar-refractivity contribution in [1.82, 2.24) is 15.2 Å². The van der Waals surface area contributed by atoms with E-state index in [1.165, 1.54) is 0 Å². The molecular weight excluding hydrogens is 190 g/mol. The minimum atomic E-state index is 0.604. The third kappa shape index (κ3) is 3.97. The molecule has 0 bridgehead atoms. The zero-order chi connectivity index (χ0) is 11.7. The normalized spacial score (nSPS) is 8.33. The zero-order valence-corrected chi connectivity index (χ0v) is 10.0. The molecule has 0 fully saturated rings. The standard InChI is InChI=1S/C7H7N3O.2C2H6/c1-5-8-7(10-9-5)6-3-2-4-11-6;2*1-2/h2-4H,1H3,(H,8,9,10);2*1-2H3. The van der Waals surface area contributed by atoms with Crippen LogP contribution in [0.2, 0.25) is 0 Å². The molecule has 0 aliphatic rings. The van der Waals surface area contributed by atoms with Crippen LogP contribution in [0.5, 0.6) is 0 Å². The fraction of sp³-hybridized carbons (Fsp3) is 0.455. The van der Waals surface area contributed by atoms with Crippen molar-refractivity contribution in [2.75, 3.05) is 0 Å². The van der Waals surface area contributed by atoms with E-state index in [-0.39, 0.29) is 0 Å². The van der Waals surface area contributed by atoms with E-state index in [9.17, 15) is 0 Å². The third-order valence-electron chi connectivity index (χ3n) is 1.34. The number of nitrogens with one attached hydrogen (secondary N) is 1. The van der Waals surface area contributed by atoms with Crippen LogP contribution in [0.4, 0.5) is 0 Å². The Hall–Kier alpha value is -1.58. The molecule has 0 amide bonds. The van der Waals surface area contributed by atoms with Crippen LogP contribution < -0.4 is 0 Å². The molecule has 15 heavy (non-hydrogen) atoms. The summed E-state index contributed by atoms with van der Waals surface area (Å²) in [6, 6.07) is 3.63. The Labute approximate surface area is 90.7 Å². The van der Waals surface area contributed by atoms with Gasteiger partial charge in [0.25, 0.3) is 0 Å². The lowest BCUT2D eigenvalue weighted by molar-refractivity contribution is 0.577. The Morgan fingerprint density at radius 1 is 1.20 bits per heavy atom. The molecule has 0 unspecified atom stereocenters. The Balaban J connectivity index is 0.000000442. The number of H-pyrrole nitrogens is 1. The topological polar surface area (TPSA) is 54.7 Å². The molecule has 4 heteroatoms. The molecule has 0 radical (unpaired) electrons. The van der Waals surface area contributed by atoms with Gasteiger partial charge in [0, 0.05) is 0 Å². The molecule has 2 aromatic rings. The highest BCUT2D eigenvalue weighted by Crippen LogP contribution is 2.13. The van der Waals surface area contributed by atoms with Crippen LogP contribution in [0.15, 0.2) is 22.8 Å². The number of aromatic nitrogens is 3. The van der Waals surface area contributed by atoms with E-state index in [0.29, 0.717) is 11.6 Å². The van der Waals surface area contributed by atoms with Gasteiger partial charge in [-0.1, -0.05) is 27.7 Å². The van der Waals surface area contributed by atoms with Crippen LogP contribution in [0.25, 0.3) is 11.6 Å². The predicted molar refractivity (Wildman–Crippen MR) is 61.5 cm³/mol. The summed E-state index contributed by atoms with van der Waals surface area (Å²) in [4.78, 5) is 4.09. The Bertz CT molecular complexity index is 338. The maximum atomic E-state index is 5.09. The summed E-state index contributed by atoms with van der Waals surface area (Å²) in [5, 5.41) is 6.66. The zero-order valence-electron chi connectivity index (χ0n) is 10.0. The van der Waals surface area contributed by atoms with Crippen LogP contribution in [-0.4, -0.2) is 15.2 Å². The highest BCUT2D eigenvalue weighted by atomic mass is 16.3. The van der Waals surface area contributed by atoms with E-state index in [0.717, 1.165) is 5.82 Å². The van der Waals surface area contributed by atoms with E-state index in [1.807, 2.05) is 40.7 Å². The van der Waals surface area contributed by atoms with Crippen LogP contribution >= 0.6 is 0 Å². The third-order valence-corrected chi connectivity index (χ3v) is 1.34. The first-order valence-corrected chi connectivity index (χ1v) is 5.29. The van der Waals surface area contributed by atoms with Gasteiger partial charge in [-0.2, -0.15) is 5.10 Å². The average molecular weight is 209 g/mol. The number of nitrogens with zero attached hydrogens (tertiary/aromatic N) is 2. The summed E-state index contributed by atoms with van der Waals surface area (Å²) in [5.74, 6) is 2.08.